The Balaban J connectivity index is 2.03. The molecule has 9 heteroatoms. The Morgan fingerprint density at radius 2 is 1.47 bits per heavy atom. The van der Waals surface area contributed by atoms with Gasteiger partial charge >= 0.3 is 6.09 Å². The lowest BCUT2D eigenvalue weighted by Gasteiger charge is -2.28. The average Bonchev–Trinajstić information content (AvgIpc) is 3.35. The van der Waals surface area contributed by atoms with Gasteiger partial charge in [0, 0.05) is 11.1 Å². The molecule has 178 valence electrons. The van der Waals surface area contributed by atoms with Gasteiger partial charge in [-0.3, -0.25) is 14.4 Å². The second-order valence-electron chi connectivity index (χ2n) is 8.73. The number of nitriles is 2. The number of imide groups is 2. The van der Waals surface area contributed by atoms with Crippen LogP contribution in [-0.2, 0) is 19.1 Å². The number of carbonyl (C=O) groups excluding carboxylic acids is 4. The van der Waals surface area contributed by atoms with E-state index in [1.807, 2.05) is 19.1 Å². The Labute approximate surface area is 207 Å². The standard InChI is InChI=1S/C27H20N4O5/c1-4-27(2,3)36-26(35)31-23(19-10-6-8-17(12-19)14-29)21-20(25(31)34)22(30(15-32)24(21)33)18-9-5-7-16(11-18)13-28/h5-12,15H,4H2,1-3H3. The molecule has 2 aromatic carbocycles. The molecule has 0 aromatic heterocycles. The highest BCUT2D eigenvalue weighted by molar-refractivity contribution is 6.34. The molecular formula is C27H20N4O5. The van der Waals surface area contributed by atoms with Crippen molar-refractivity contribution in [1.29, 1.82) is 10.5 Å². The second kappa shape index (κ2) is 8.97. The van der Waals surface area contributed by atoms with Crippen molar-refractivity contribution >= 4 is 35.7 Å². The molecule has 2 aliphatic rings. The van der Waals surface area contributed by atoms with Gasteiger partial charge in [0.15, 0.2) is 0 Å². The van der Waals surface area contributed by atoms with Crippen LogP contribution in [0.4, 0.5) is 4.79 Å². The first-order valence-electron chi connectivity index (χ1n) is 11.0. The predicted molar refractivity (Wildman–Crippen MR) is 127 cm³/mol. The summed E-state index contributed by atoms with van der Waals surface area (Å²) < 4.78 is 5.59. The van der Waals surface area contributed by atoms with Crippen molar-refractivity contribution in [3.8, 4) is 12.1 Å². The summed E-state index contributed by atoms with van der Waals surface area (Å²) in [6, 6.07) is 16.2. The minimum atomic E-state index is -0.991. The summed E-state index contributed by atoms with van der Waals surface area (Å²) >= 11 is 0. The monoisotopic (exact) mass is 480 g/mol. The number of carbonyl (C=O) groups is 4. The van der Waals surface area contributed by atoms with Crippen molar-refractivity contribution in [3.05, 3.63) is 81.9 Å². The fourth-order valence-electron chi connectivity index (χ4n) is 3.98. The third-order valence-corrected chi connectivity index (χ3v) is 6.07. The van der Waals surface area contributed by atoms with Crippen molar-refractivity contribution in [2.45, 2.75) is 32.8 Å². The molecule has 0 fully saturated rings. The highest BCUT2D eigenvalue weighted by Crippen LogP contribution is 2.46. The number of fused-ring (bicyclic) bond motifs is 1. The number of rotatable bonds is 5. The van der Waals surface area contributed by atoms with Gasteiger partial charge in [0.1, 0.15) is 5.60 Å². The third-order valence-electron chi connectivity index (χ3n) is 6.07. The predicted octanol–water partition coefficient (Wildman–Crippen LogP) is 3.72. The van der Waals surface area contributed by atoms with E-state index in [0.29, 0.717) is 6.42 Å². The lowest BCUT2D eigenvalue weighted by atomic mass is 10.0. The molecule has 4 rings (SSSR count). The molecule has 4 amide bonds. The van der Waals surface area contributed by atoms with Crippen molar-refractivity contribution in [2.24, 2.45) is 0 Å². The Morgan fingerprint density at radius 1 is 0.944 bits per heavy atom. The summed E-state index contributed by atoms with van der Waals surface area (Å²) in [5.74, 6) is -1.66. The fourth-order valence-corrected chi connectivity index (χ4v) is 3.98. The first-order chi connectivity index (χ1) is 17.2. The van der Waals surface area contributed by atoms with E-state index in [9.17, 15) is 29.7 Å². The summed E-state index contributed by atoms with van der Waals surface area (Å²) in [6.07, 6.45) is -0.244. The number of nitrogens with zero attached hydrogens (tertiary/aromatic N) is 4. The molecule has 36 heavy (non-hydrogen) atoms. The average molecular weight is 480 g/mol. The highest BCUT2D eigenvalue weighted by atomic mass is 16.6. The van der Waals surface area contributed by atoms with Gasteiger partial charge in [-0.15, -0.1) is 0 Å². The molecule has 2 aromatic rings. The van der Waals surface area contributed by atoms with Crippen LogP contribution in [0.25, 0.3) is 11.4 Å². The van der Waals surface area contributed by atoms with E-state index in [1.165, 1.54) is 18.2 Å². The lowest BCUT2D eigenvalue weighted by molar-refractivity contribution is -0.130. The summed E-state index contributed by atoms with van der Waals surface area (Å²) in [5, 5.41) is 18.7. The number of amides is 4. The lowest BCUT2D eigenvalue weighted by Crippen LogP contribution is -2.39. The van der Waals surface area contributed by atoms with Gasteiger partial charge in [-0.1, -0.05) is 31.2 Å². The zero-order chi connectivity index (χ0) is 26.2. The van der Waals surface area contributed by atoms with E-state index in [1.54, 1.807) is 44.2 Å². The summed E-state index contributed by atoms with van der Waals surface area (Å²) in [5.41, 5.74) is -0.310. The van der Waals surface area contributed by atoms with E-state index < -0.39 is 23.5 Å². The third kappa shape index (κ3) is 3.83. The molecule has 0 bridgehead atoms. The Kier molecular flexibility index (Phi) is 6.01. The van der Waals surface area contributed by atoms with Crippen LogP contribution in [0.1, 0.15) is 49.4 Å². The molecule has 9 nitrogen and oxygen atoms in total. The van der Waals surface area contributed by atoms with Crippen LogP contribution >= 0.6 is 0 Å². The van der Waals surface area contributed by atoms with Gasteiger partial charge in [0.25, 0.3) is 11.8 Å². The fraction of sp³-hybridized carbons (Fsp3) is 0.185. The zero-order valence-corrected chi connectivity index (χ0v) is 19.7. The van der Waals surface area contributed by atoms with Crippen LogP contribution in [0.15, 0.2) is 59.7 Å². The molecule has 0 atom stereocenters. The van der Waals surface area contributed by atoms with Crippen LogP contribution in [0.2, 0.25) is 0 Å². The topological polar surface area (TPSA) is 132 Å². The summed E-state index contributed by atoms with van der Waals surface area (Å²) in [6.45, 7) is 5.19. The van der Waals surface area contributed by atoms with Crippen molar-refractivity contribution < 1.29 is 23.9 Å². The molecule has 0 spiro atoms. The molecule has 0 radical (unpaired) electrons. The molecular weight excluding hydrogens is 460 g/mol. The molecule has 2 heterocycles. The minimum absolute atomic E-state index is 0.0360. The molecule has 2 aliphatic heterocycles. The highest BCUT2D eigenvalue weighted by Gasteiger charge is 2.52. The zero-order valence-electron chi connectivity index (χ0n) is 19.7. The number of hydrogen-bond donors (Lipinski definition) is 0. The van der Waals surface area contributed by atoms with E-state index in [4.69, 9.17) is 4.74 Å². The summed E-state index contributed by atoms with van der Waals surface area (Å²) in [4.78, 5) is 54.2. The van der Waals surface area contributed by atoms with Gasteiger partial charge in [0.05, 0.1) is 45.8 Å². The van der Waals surface area contributed by atoms with Crippen LogP contribution in [0.3, 0.4) is 0 Å². The second-order valence-corrected chi connectivity index (χ2v) is 8.73. The van der Waals surface area contributed by atoms with Gasteiger partial charge in [-0.25, -0.2) is 14.6 Å². The molecule has 0 unspecified atom stereocenters. The number of benzene rings is 2. The van der Waals surface area contributed by atoms with Crippen molar-refractivity contribution in [2.75, 3.05) is 0 Å². The van der Waals surface area contributed by atoms with Crippen LogP contribution in [0.5, 0.6) is 0 Å². The van der Waals surface area contributed by atoms with E-state index >= 15 is 0 Å². The normalized spacial score (nSPS) is 15.1. The van der Waals surface area contributed by atoms with Gasteiger partial charge in [-0.2, -0.15) is 10.5 Å². The van der Waals surface area contributed by atoms with Crippen molar-refractivity contribution in [3.63, 3.8) is 0 Å². The molecule has 0 saturated carbocycles. The molecule has 0 aliphatic carbocycles. The molecule has 0 N–H and O–H groups in total. The maximum atomic E-state index is 13.8. The minimum Gasteiger partial charge on any atom is -0.443 e. The Bertz CT molecular complexity index is 1490. The number of hydrogen-bond acceptors (Lipinski definition) is 7. The quantitative estimate of drug-likeness (QED) is 0.596. The number of ether oxygens (including phenoxy) is 1. The maximum Gasteiger partial charge on any atom is 0.422 e. The first-order valence-corrected chi connectivity index (χ1v) is 11.0. The van der Waals surface area contributed by atoms with Crippen LogP contribution in [0, 0.1) is 22.7 Å². The Hall–Kier alpha value is -5.02. The van der Waals surface area contributed by atoms with Gasteiger partial charge in [-0.05, 0) is 44.5 Å². The SMILES string of the molecule is CCC(C)(C)OC(=O)N1C(=O)C2=C(c3cccc(C#N)c3)N(C=O)C(=O)C2=C1c1cccc(C#N)c1. The van der Waals surface area contributed by atoms with Crippen LogP contribution < -0.4 is 0 Å². The van der Waals surface area contributed by atoms with Gasteiger partial charge < -0.3 is 4.74 Å². The van der Waals surface area contributed by atoms with Crippen LogP contribution in [-0.4, -0.2) is 39.7 Å². The summed E-state index contributed by atoms with van der Waals surface area (Å²) in [7, 11) is 0. The van der Waals surface area contributed by atoms with Crippen molar-refractivity contribution in [1.82, 2.24) is 9.80 Å². The van der Waals surface area contributed by atoms with E-state index in [2.05, 4.69) is 0 Å². The molecule has 0 saturated heterocycles. The van der Waals surface area contributed by atoms with E-state index in [-0.39, 0.29) is 51.2 Å². The van der Waals surface area contributed by atoms with E-state index in [0.717, 1.165) is 9.80 Å². The first kappa shape index (κ1) is 24.1. The van der Waals surface area contributed by atoms with Gasteiger partial charge in [0.2, 0.25) is 6.41 Å². The smallest absolute Gasteiger partial charge is 0.422 e. The largest absolute Gasteiger partial charge is 0.443 e. The Morgan fingerprint density at radius 3 is 1.97 bits per heavy atom. The maximum absolute atomic E-state index is 13.8.